The number of hydrogen-bond donors (Lipinski definition) is 2. The zero-order chi connectivity index (χ0) is 20.5. The predicted octanol–water partition coefficient (Wildman–Crippen LogP) is 3.27. The molecule has 1 aliphatic heterocycles. The predicted molar refractivity (Wildman–Crippen MR) is 132 cm³/mol. The second-order valence-corrected chi connectivity index (χ2v) is 11.7. The van der Waals surface area contributed by atoms with Crippen LogP contribution >= 0.6 is 24.0 Å². The molecule has 1 fully saturated rings. The molecule has 0 aromatic heterocycles. The average molecular weight is 531 g/mol. The number of sulfone groups is 1. The van der Waals surface area contributed by atoms with Gasteiger partial charge in [-0.05, 0) is 59.5 Å². The van der Waals surface area contributed by atoms with Crippen LogP contribution in [0.2, 0.25) is 0 Å². The van der Waals surface area contributed by atoms with Crippen molar-refractivity contribution in [2.75, 3.05) is 38.5 Å². The standard InChI is InChI=1S/C20H42N4O2S.HI/c1-7-21-19(22-12-15-27(25,26)20(4,5)6)23-16-18(17(2)3)24-13-10-8-9-11-14-24;/h17-18H,7-16H2,1-6H3,(H2,21,22,23);1H. The summed E-state index contributed by atoms with van der Waals surface area (Å²) in [6.45, 7) is 16.0. The monoisotopic (exact) mass is 530 g/mol. The van der Waals surface area contributed by atoms with Crippen molar-refractivity contribution in [1.29, 1.82) is 0 Å². The van der Waals surface area contributed by atoms with Crippen LogP contribution in [0.5, 0.6) is 0 Å². The second kappa shape index (κ2) is 13.3. The molecule has 0 spiro atoms. The van der Waals surface area contributed by atoms with Gasteiger partial charge in [0.15, 0.2) is 15.8 Å². The van der Waals surface area contributed by atoms with Crippen molar-refractivity contribution in [3.8, 4) is 0 Å². The van der Waals surface area contributed by atoms with Gasteiger partial charge >= 0.3 is 0 Å². The van der Waals surface area contributed by atoms with E-state index in [0.29, 0.717) is 24.5 Å². The van der Waals surface area contributed by atoms with Crippen molar-refractivity contribution in [2.45, 2.75) is 78.0 Å². The minimum Gasteiger partial charge on any atom is -0.357 e. The van der Waals surface area contributed by atoms with Crippen LogP contribution in [0, 0.1) is 5.92 Å². The number of rotatable bonds is 8. The number of hydrogen-bond acceptors (Lipinski definition) is 4. The largest absolute Gasteiger partial charge is 0.357 e. The van der Waals surface area contributed by atoms with Crippen LogP contribution in [-0.4, -0.2) is 68.5 Å². The van der Waals surface area contributed by atoms with Crippen LogP contribution in [0.4, 0.5) is 0 Å². The van der Waals surface area contributed by atoms with Crippen LogP contribution in [0.15, 0.2) is 4.99 Å². The molecule has 1 atom stereocenters. The summed E-state index contributed by atoms with van der Waals surface area (Å²) in [5.41, 5.74) is 0. The molecule has 0 aromatic rings. The van der Waals surface area contributed by atoms with Crippen LogP contribution in [0.1, 0.15) is 67.2 Å². The number of nitrogens with one attached hydrogen (secondary N) is 2. The van der Waals surface area contributed by atoms with Gasteiger partial charge in [0.1, 0.15) is 0 Å². The lowest BCUT2D eigenvalue weighted by Gasteiger charge is -2.32. The van der Waals surface area contributed by atoms with Crippen LogP contribution in [0.25, 0.3) is 0 Å². The minimum absolute atomic E-state index is 0. The molecule has 0 saturated carbocycles. The van der Waals surface area contributed by atoms with Crippen molar-refractivity contribution >= 4 is 39.8 Å². The molecule has 6 nitrogen and oxygen atoms in total. The van der Waals surface area contributed by atoms with Gasteiger partial charge in [-0.1, -0.05) is 26.7 Å². The van der Waals surface area contributed by atoms with Gasteiger partial charge in [-0.25, -0.2) is 8.42 Å². The van der Waals surface area contributed by atoms with Crippen LogP contribution in [-0.2, 0) is 9.84 Å². The van der Waals surface area contributed by atoms with E-state index in [1.165, 1.54) is 25.7 Å². The number of nitrogens with zero attached hydrogens (tertiary/aromatic N) is 2. The van der Waals surface area contributed by atoms with Gasteiger partial charge in [0.2, 0.25) is 0 Å². The zero-order valence-electron chi connectivity index (χ0n) is 18.8. The van der Waals surface area contributed by atoms with Crippen LogP contribution in [0.3, 0.4) is 0 Å². The van der Waals surface area contributed by atoms with E-state index < -0.39 is 14.6 Å². The molecular formula is C20H43IN4O2S. The molecule has 1 unspecified atom stereocenters. The molecule has 0 amide bonds. The van der Waals surface area contributed by atoms with E-state index in [9.17, 15) is 8.42 Å². The maximum absolute atomic E-state index is 12.3. The molecule has 2 N–H and O–H groups in total. The molecule has 1 saturated heterocycles. The highest BCUT2D eigenvalue weighted by atomic mass is 127. The van der Waals surface area contributed by atoms with Crippen molar-refractivity contribution in [3.63, 3.8) is 0 Å². The van der Waals surface area contributed by atoms with E-state index in [2.05, 4.69) is 29.4 Å². The van der Waals surface area contributed by atoms with Crippen LogP contribution < -0.4 is 10.6 Å². The first-order valence-electron chi connectivity index (χ1n) is 10.6. The summed E-state index contributed by atoms with van der Waals surface area (Å²) >= 11 is 0. The fourth-order valence-electron chi connectivity index (χ4n) is 3.31. The van der Waals surface area contributed by atoms with E-state index in [1.807, 2.05) is 6.92 Å². The lowest BCUT2D eigenvalue weighted by Crippen LogP contribution is -2.45. The Bertz CT molecular complexity index is 551. The highest BCUT2D eigenvalue weighted by molar-refractivity contribution is 14.0. The smallest absolute Gasteiger partial charge is 0.191 e. The number of guanidine groups is 1. The van der Waals surface area contributed by atoms with E-state index >= 15 is 0 Å². The molecule has 28 heavy (non-hydrogen) atoms. The Morgan fingerprint density at radius 2 is 1.64 bits per heavy atom. The summed E-state index contributed by atoms with van der Waals surface area (Å²) in [6, 6.07) is 0.428. The van der Waals surface area contributed by atoms with Crippen molar-refractivity contribution in [2.24, 2.45) is 10.9 Å². The van der Waals surface area contributed by atoms with E-state index in [1.54, 1.807) is 20.8 Å². The van der Waals surface area contributed by atoms with Crippen molar-refractivity contribution < 1.29 is 8.42 Å². The highest BCUT2D eigenvalue weighted by Gasteiger charge is 2.28. The van der Waals surface area contributed by atoms with E-state index in [4.69, 9.17) is 4.99 Å². The molecule has 0 radical (unpaired) electrons. The molecule has 8 heteroatoms. The van der Waals surface area contributed by atoms with Gasteiger partial charge in [-0.3, -0.25) is 9.89 Å². The Morgan fingerprint density at radius 1 is 1.07 bits per heavy atom. The summed E-state index contributed by atoms with van der Waals surface area (Å²) in [4.78, 5) is 7.37. The van der Waals surface area contributed by atoms with Crippen molar-refractivity contribution in [1.82, 2.24) is 15.5 Å². The molecule has 1 aliphatic rings. The summed E-state index contributed by atoms with van der Waals surface area (Å²) < 4.78 is 23.8. The fraction of sp³-hybridized carbons (Fsp3) is 0.950. The third kappa shape index (κ3) is 9.61. The minimum atomic E-state index is -3.13. The maximum Gasteiger partial charge on any atom is 0.191 e. The quantitative estimate of drug-likeness (QED) is 0.286. The Hall–Kier alpha value is -0.0900. The molecule has 1 rings (SSSR count). The SMILES string of the molecule is CCNC(=NCC(C(C)C)N1CCCCCC1)NCCS(=O)(=O)C(C)(C)C.I. The topological polar surface area (TPSA) is 73.8 Å². The molecule has 0 aromatic carbocycles. The van der Waals surface area contributed by atoms with Gasteiger partial charge in [-0.15, -0.1) is 24.0 Å². The first kappa shape index (κ1) is 27.9. The Kier molecular flexibility index (Phi) is 13.2. The van der Waals surface area contributed by atoms with Crippen molar-refractivity contribution in [3.05, 3.63) is 0 Å². The maximum atomic E-state index is 12.3. The van der Waals surface area contributed by atoms with E-state index in [0.717, 1.165) is 26.2 Å². The molecule has 168 valence electrons. The second-order valence-electron chi connectivity index (χ2n) is 8.84. The average Bonchev–Trinajstić information content (AvgIpc) is 2.82. The highest BCUT2D eigenvalue weighted by Crippen LogP contribution is 2.18. The first-order valence-corrected chi connectivity index (χ1v) is 12.2. The first-order chi connectivity index (χ1) is 12.6. The summed E-state index contributed by atoms with van der Waals surface area (Å²) in [5, 5.41) is 6.44. The lowest BCUT2D eigenvalue weighted by atomic mass is 10.0. The third-order valence-corrected chi connectivity index (χ3v) is 7.86. The normalized spacial score (nSPS) is 18.3. The Labute approximate surface area is 190 Å². The number of halogens is 1. The van der Waals surface area contributed by atoms with Gasteiger partial charge < -0.3 is 10.6 Å². The molecule has 0 bridgehead atoms. The Morgan fingerprint density at radius 3 is 2.11 bits per heavy atom. The third-order valence-electron chi connectivity index (χ3n) is 5.26. The number of aliphatic imine (C=N–C) groups is 1. The van der Waals surface area contributed by atoms with Gasteiger partial charge in [0.25, 0.3) is 0 Å². The van der Waals surface area contributed by atoms with Gasteiger partial charge in [0, 0.05) is 19.1 Å². The zero-order valence-corrected chi connectivity index (χ0v) is 21.9. The van der Waals surface area contributed by atoms with Gasteiger partial charge in [0.05, 0.1) is 17.0 Å². The Balaban J connectivity index is 0.00000729. The molecule has 0 aliphatic carbocycles. The molecular weight excluding hydrogens is 487 g/mol. The summed E-state index contributed by atoms with van der Waals surface area (Å²) in [7, 11) is -3.13. The summed E-state index contributed by atoms with van der Waals surface area (Å²) in [5.74, 6) is 1.36. The van der Waals surface area contributed by atoms with Gasteiger partial charge in [-0.2, -0.15) is 0 Å². The van der Waals surface area contributed by atoms with E-state index in [-0.39, 0.29) is 29.7 Å². The molecule has 1 heterocycles. The number of likely N-dealkylation sites (tertiary alicyclic amines) is 1. The fourth-order valence-corrected chi connectivity index (χ4v) is 4.29. The lowest BCUT2D eigenvalue weighted by molar-refractivity contribution is 0.166. The summed E-state index contributed by atoms with van der Waals surface area (Å²) in [6.07, 6.45) is 5.21.